The molecule has 0 saturated heterocycles. The lowest BCUT2D eigenvalue weighted by atomic mass is 10.00. The smallest absolute Gasteiger partial charge is 0.123 e. The van der Waals surface area contributed by atoms with Crippen LogP contribution in [0.15, 0.2) is 30.9 Å². The van der Waals surface area contributed by atoms with Crippen molar-refractivity contribution in [1.29, 1.82) is 0 Å². The second kappa shape index (κ2) is 4.22. The summed E-state index contributed by atoms with van der Waals surface area (Å²) in [5, 5.41) is 0. The second-order valence-corrected chi connectivity index (χ2v) is 3.36. The lowest BCUT2D eigenvalue weighted by Crippen LogP contribution is -1.94. The molecule has 0 unspecified atom stereocenters. The highest BCUT2D eigenvalue weighted by molar-refractivity contribution is 5.27. The predicted octanol–water partition coefficient (Wildman–Crippen LogP) is 3.46. The van der Waals surface area contributed by atoms with Gasteiger partial charge in [0.25, 0.3) is 0 Å². The first-order chi connectivity index (χ1) is 6.11. The summed E-state index contributed by atoms with van der Waals surface area (Å²) in [6, 6.07) is 5.10. The van der Waals surface area contributed by atoms with Gasteiger partial charge >= 0.3 is 0 Å². The number of allylic oxidation sites excluding steroid dienone is 1. The molecule has 1 heteroatoms. The molecule has 0 aromatic heterocycles. The quantitative estimate of drug-likeness (QED) is 0.663. The van der Waals surface area contributed by atoms with E-state index >= 15 is 0 Å². The van der Waals surface area contributed by atoms with Gasteiger partial charge in [0, 0.05) is 0 Å². The maximum atomic E-state index is 12.9. The largest absolute Gasteiger partial charge is 0.207 e. The zero-order chi connectivity index (χ0) is 9.84. The molecule has 0 aliphatic carbocycles. The molecule has 1 aromatic rings. The molecule has 0 heterocycles. The highest BCUT2D eigenvalue weighted by atomic mass is 19.1. The van der Waals surface area contributed by atoms with E-state index in [1.54, 1.807) is 12.1 Å². The van der Waals surface area contributed by atoms with E-state index in [0.29, 0.717) is 0 Å². The summed E-state index contributed by atoms with van der Waals surface area (Å²) in [6.07, 6.45) is 2.59. The van der Waals surface area contributed by atoms with Crippen molar-refractivity contribution in [2.75, 3.05) is 0 Å². The molecule has 0 spiro atoms. The van der Waals surface area contributed by atoms with E-state index in [-0.39, 0.29) is 5.82 Å². The SMILES string of the molecule is C=C[C](C)Cc1cc(C)cc(F)c1. The Labute approximate surface area is 79.1 Å². The van der Waals surface area contributed by atoms with Crippen LogP contribution in [0.2, 0.25) is 0 Å². The van der Waals surface area contributed by atoms with Gasteiger partial charge in [-0.3, -0.25) is 0 Å². The maximum absolute atomic E-state index is 12.9. The van der Waals surface area contributed by atoms with Gasteiger partial charge in [-0.2, -0.15) is 0 Å². The van der Waals surface area contributed by atoms with Gasteiger partial charge in [0.2, 0.25) is 0 Å². The third-order valence-corrected chi connectivity index (χ3v) is 1.93. The second-order valence-electron chi connectivity index (χ2n) is 3.36. The van der Waals surface area contributed by atoms with Crippen LogP contribution in [0, 0.1) is 18.7 Å². The van der Waals surface area contributed by atoms with Crippen LogP contribution >= 0.6 is 0 Å². The molecule has 0 nitrogen and oxygen atoms in total. The van der Waals surface area contributed by atoms with Gasteiger partial charge < -0.3 is 0 Å². The fourth-order valence-electron chi connectivity index (χ4n) is 1.31. The van der Waals surface area contributed by atoms with Gasteiger partial charge in [-0.05, 0) is 42.5 Å². The van der Waals surface area contributed by atoms with Crippen molar-refractivity contribution in [3.8, 4) is 0 Å². The van der Waals surface area contributed by atoms with Crippen LogP contribution < -0.4 is 0 Å². The van der Waals surface area contributed by atoms with Crippen molar-refractivity contribution >= 4 is 0 Å². The zero-order valence-corrected chi connectivity index (χ0v) is 8.10. The summed E-state index contributed by atoms with van der Waals surface area (Å²) in [7, 11) is 0. The first kappa shape index (κ1) is 9.97. The average molecular weight is 177 g/mol. The molecule has 13 heavy (non-hydrogen) atoms. The van der Waals surface area contributed by atoms with E-state index in [9.17, 15) is 4.39 Å². The van der Waals surface area contributed by atoms with Crippen molar-refractivity contribution in [1.82, 2.24) is 0 Å². The molecular formula is C12H14F. The topological polar surface area (TPSA) is 0 Å². The molecule has 0 aliphatic heterocycles. The van der Waals surface area contributed by atoms with Gasteiger partial charge in [-0.1, -0.05) is 19.1 Å². The van der Waals surface area contributed by atoms with E-state index in [1.165, 1.54) is 6.07 Å². The molecule has 1 rings (SSSR count). The first-order valence-electron chi connectivity index (χ1n) is 4.33. The van der Waals surface area contributed by atoms with Crippen molar-refractivity contribution in [3.05, 3.63) is 53.7 Å². The minimum Gasteiger partial charge on any atom is -0.207 e. The maximum Gasteiger partial charge on any atom is 0.123 e. The van der Waals surface area contributed by atoms with Crippen LogP contribution in [0.3, 0.4) is 0 Å². The third-order valence-electron chi connectivity index (χ3n) is 1.93. The molecular weight excluding hydrogens is 163 g/mol. The Morgan fingerprint density at radius 3 is 2.69 bits per heavy atom. The van der Waals surface area contributed by atoms with Crippen LogP contribution in [-0.4, -0.2) is 0 Å². The molecule has 0 atom stereocenters. The highest BCUT2D eigenvalue weighted by Gasteiger charge is 2.02. The number of halogens is 1. The van der Waals surface area contributed by atoms with E-state index in [2.05, 4.69) is 6.58 Å². The average Bonchev–Trinajstić information content (AvgIpc) is 2.02. The fourth-order valence-corrected chi connectivity index (χ4v) is 1.31. The minimum atomic E-state index is -0.160. The fraction of sp³-hybridized carbons (Fsp3) is 0.250. The van der Waals surface area contributed by atoms with Crippen LogP contribution in [0.5, 0.6) is 0 Å². The number of aryl methyl sites for hydroxylation is 1. The summed E-state index contributed by atoms with van der Waals surface area (Å²) < 4.78 is 12.9. The van der Waals surface area contributed by atoms with Crippen LogP contribution in [-0.2, 0) is 6.42 Å². The van der Waals surface area contributed by atoms with E-state index in [4.69, 9.17) is 0 Å². The Kier molecular flexibility index (Phi) is 3.24. The lowest BCUT2D eigenvalue weighted by Gasteiger charge is -2.06. The molecule has 0 bridgehead atoms. The monoisotopic (exact) mass is 177 g/mol. The normalized spacial score (nSPS) is 10.5. The van der Waals surface area contributed by atoms with Gasteiger partial charge in [0.15, 0.2) is 0 Å². The van der Waals surface area contributed by atoms with Gasteiger partial charge in [0.05, 0.1) is 0 Å². The summed E-state index contributed by atoms with van der Waals surface area (Å²) in [6.45, 7) is 7.56. The lowest BCUT2D eigenvalue weighted by molar-refractivity contribution is 0.624. The number of benzene rings is 1. The highest BCUT2D eigenvalue weighted by Crippen LogP contribution is 2.14. The van der Waals surface area contributed by atoms with E-state index in [0.717, 1.165) is 23.5 Å². The molecule has 69 valence electrons. The molecule has 0 saturated carbocycles. The van der Waals surface area contributed by atoms with Crippen molar-refractivity contribution < 1.29 is 4.39 Å². The zero-order valence-electron chi connectivity index (χ0n) is 8.10. The Balaban J connectivity index is 2.82. The number of rotatable bonds is 3. The Morgan fingerprint density at radius 2 is 2.15 bits per heavy atom. The molecule has 1 aromatic carbocycles. The summed E-state index contributed by atoms with van der Waals surface area (Å²) >= 11 is 0. The molecule has 1 radical (unpaired) electrons. The Hall–Kier alpha value is -1.11. The molecule has 0 amide bonds. The number of hydrogen-bond acceptors (Lipinski definition) is 0. The summed E-state index contributed by atoms with van der Waals surface area (Å²) in [5.74, 6) is 0.997. The van der Waals surface area contributed by atoms with Crippen molar-refractivity contribution in [3.63, 3.8) is 0 Å². The Bertz CT molecular complexity index is 282. The third kappa shape index (κ3) is 3.02. The van der Waals surface area contributed by atoms with E-state index in [1.807, 2.05) is 19.9 Å². The molecule has 0 fully saturated rings. The predicted molar refractivity (Wildman–Crippen MR) is 54.0 cm³/mol. The summed E-state index contributed by atoms with van der Waals surface area (Å²) in [5.41, 5.74) is 1.97. The standard InChI is InChI=1S/C12H14F/c1-4-9(2)5-11-6-10(3)7-12(13)8-11/h4,6-8H,1,5H2,2-3H3. The first-order valence-corrected chi connectivity index (χ1v) is 4.33. The van der Waals surface area contributed by atoms with Crippen molar-refractivity contribution in [2.45, 2.75) is 20.3 Å². The van der Waals surface area contributed by atoms with Gasteiger partial charge in [0.1, 0.15) is 5.82 Å². The summed E-state index contributed by atoms with van der Waals surface area (Å²) in [4.78, 5) is 0. The van der Waals surface area contributed by atoms with Crippen molar-refractivity contribution in [2.24, 2.45) is 0 Å². The van der Waals surface area contributed by atoms with Gasteiger partial charge in [-0.15, -0.1) is 6.58 Å². The van der Waals surface area contributed by atoms with Crippen LogP contribution in [0.25, 0.3) is 0 Å². The minimum absolute atomic E-state index is 0.160. The molecule has 0 N–H and O–H groups in total. The van der Waals surface area contributed by atoms with Crippen LogP contribution in [0.4, 0.5) is 4.39 Å². The Morgan fingerprint density at radius 1 is 1.46 bits per heavy atom. The van der Waals surface area contributed by atoms with E-state index < -0.39 is 0 Å². The van der Waals surface area contributed by atoms with Gasteiger partial charge in [-0.25, -0.2) is 4.39 Å². The molecule has 0 aliphatic rings. The number of hydrogen-bond donors (Lipinski definition) is 0. The van der Waals surface area contributed by atoms with Crippen LogP contribution in [0.1, 0.15) is 18.1 Å².